The van der Waals surface area contributed by atoms with E-state index in [1.807, 2.05) is 63.5 Å². The lowest BCUT2D eigenvalue weighted by molar-refractivity contribution is 0.121. The van der Waals surface area contributed by atoms with Crippen LogP contribution in [0.3, 0.4) is 0 Å². The average molecular weight is 560 g/mol. The van der Waals surface area contributed by atoms with Gasteiger partial charge in [0.05, 0.1) is 23.7 Å². The Balaban J connectivity index is 1.70. The Bertz CT molecular complexity index is 1440. The molecule has 3 atom stereocenters. The predicted molar refractivity (Wildman–Crippen MR) is 152 cm³/mol. The zero-order valence-electron chi connectivity index (χ0n) is 22.3. The van der Waals surface area contributed by atoms with E-state index in [2.05, 4.69) is 10.1 Å². The van der Waals surface area contributed by atoms with E-state index >= 15 is 0 Å². The Morgan fingerprint density at radius 3 is 2.47 bits per heavy atom. The summed E-state index contributed by atoms with van der Waals surface area (Å²) in [5.74, 6) is 1.61. The molecule has 9 nitrogen and oxygen atoms in total. The van der Waals surface area contributed by atoms with E-state index in [1.165, 1.54) is 0 Å². The van der Waals surface area contributed by atoms with Crippen molar-refractivity contribution in [3.8, 4) is 5.75 Å². The van der Waals surface area contributed by atoms with Crippen LogP contribution in [0.25, 0.3) is 21.9 Å². The first kappa shape index (κ1) is 28.3. The van der Waals surface area contributed by atoms with Crippen LogP contribution in [0.1, 0.15) is 40.4 Å². The van der Waals surface area contributed by atoms with Crippen LogP contribution in [0.2, 0.25) is 5.02 Å². The van der Waals surface area contributed by atoms with Gasteiger partial charge in [-0.25, -0.2) is 19.6 Å². The molecule has 2 aromatic carbocycles. The van der Waals surface area contributed by atoms with Gasteiger partial charge >= 0.3 is 7.75 Å². The molecular weight excluding hydrogens is 525 g/mol. The van der Waals surface area contributed by atoms with E-state index in [0.717, 1.165) is 16.4 Å². The number of halogens is 1. The van der Waals surface area contributed by atoms with Crippen molar-refractivity contribution >= 4 is 47.1 Å². The lowest BCUT2D eigenvalue weighted by atomic mass is 10.1. The van der Waals surface area contributed by atoms with Gasteiger partial charge in [-0.3, -0.25) is 4.52 Å². The van der Waals surface area contributed by atoms with Crippen LogP contribution in [0.4, 0.5) is 5.82 Å². The average Bonchev–Trinajstić information content (AvgIpc) is 3.22. The maximum Gasteiger partial charge on any atom is 0.459 e. The number of fused-ring (bicyclic) bond motifs is 3. The van der Waals surface area contributed by atoms with Crippen molar-refractivity contribution in [1.29, 1.82) is 0 Å². The number of nitrogens with two attached hydrogens (primary N) is 1. The molecule has 2 heterocycles. The first-order chi connectivity index (χ1) is 18.1. The summed E-state index contributed by atoms with van der Waals surface area (Å²) in [6.07, 6.45) is -0.536. The molecule has 0 fully saturated rings. The third kappa shape index (κ3) is 6.47. The van der Waals surface area contributed by atoms with Gasteiger partial charge in [-0.15, -0.1) is 0 Å². The number of hydrogen-bond donors (Lipinski definition) is 2. The molecule has 0 unspecified atom stereocenters. The minimum absolute atomic E-state index is 0.127. The van der Waals surface area contributed by atoms with Crippen LogP contribution in [0, 0.1) is 5.92 Å². The molecule has 4 rings (SSSR count). The summed E-state index contributed by atoms with van der Waals surface area (Å²) in [7, 11) is -3.79. The molecule has 0 spiro atoms. The molecule has 0 aliphatic rings. The molecule has 0 bridgehead atoms. The monoisotopic (exact) mass is 559 g/mol. The van der Waals surface area contributed by atoms with E-state index in [9.17, 15) is 4.57 Å². The molecule has 38 heavy (non-hydrogen) atoms. The number of para-hydroxylation sites is 1. The molecular formula is C27H35ClN5O4P. The Hall–Kier alpha value is -2.68. The summed E-state index contributed by atoms with van der Waals surface area (Å²) in [5, 5.41) is 4.55. The molecule has 0 radical (unpaired) electrons. The normalized spacial score (nSPS) is 15.1. The molecule has 204 valence electrons. The number of ether oxygens (including phenoxy) is 1. The highest BCUT2D eigenvalue weighted by molar-refractivity contribution is 7.52. The van der Waals surface area contributed by atoms with E-state index in [-0.39, 0.29) is 18.6 Å². The zero-order valence-corrected chi connectivity index (χ0v) is 24.0. The second-order valence-corrected chi connectivity index (χ2v) is 11.7. The van der Waals surface area contributed by atoms with Crippen LogP contribution in [-0.2, 0) is 27.0 Å². The summed E-state index contributed by atoms with van der Waals surface area (Å²) in [5.41, 5.74) is 8.49. The van der Waals surface area contributed by atoms with Crippen molar-refractivity contribution < 1.29 is 18.3 Å². The van der Waals surface area contributed by atoms with Crippen molar-refractivity contribution in [2.45, 2.75) is 59.9 Å². The number of nitrogen functional groups attached to an aromatic ring is 1. The molecule has 0 amide bonds. The van der Waals surface area contributed by atoms with Crippen LogP contribution in [-0.4, -0.2) is 33.3 Å². The number of benzene rings is 2. The van der Waals surface area contributed by atoms with E-state index in [1.54, 1.807) is 24.3 Å². The lowest BCUT2D eigenvalue weighted by Gasteiger charge is -2.28. The maximum atomic E-state index is 14.0. The molecule has 3 N–H and O–H groups in total. The second kappa shape index (κ2) is 12.0. The molecule has 2 aromatic heterocycles. The minimum Gasteiger partial charge on any atom is -0.413 e. The Morgan fingerprint density at radius 2 is 1.79 bits per heavy atom. The molecule has 4 aromatic rings. The molecule has 0 aliphatic carbocycles. The van der Waals surface area contributed by atoms with E-state index in [4.69, 9.17) is 36.1 Å². The molecule has 0 saturated carbocycles. The van der Waals surface area contributed by atoms with Gasteiger partial charge in [0.2, 0.25) is 0 Å². The van der Waals surface area contributed by atoms with Gasteiger partial charge in [-0.1, -0.05) is 43.6 Å². The fourth-order valence-electron chi connectivity index (χ4n) is 4.04. The Kier molecular flexibility index (Phi) is 8.96. The fraction of sp³-hybridized carbons (Fsp3) is 0.407. The van der Waals surface area contributed by atoms with E-state index in [0.29, 0.717) is 41.1 Å². The molecule has 0 aliphatic heterocycles. The summed E-state index contributed by atoms with van der Waals surface area (Å²) in [4.78, 5) is 9.29. The summed E-state index contributed by atoms with van der Waals surface area (Å²) >= 11 is 6.02. The van der Waals surface area contributed by atoms with Gasteiger partial charge < -0.3 is 19.6 Å². The van der Waals surface area contributed by atoms with Gasteiger partial charge in [0.15, 0.2) is 5.82 Å². The van der Waals surface area contributed by atoms with Crippen molar-refractivity contribution in [1.82, 2.24) is 19.6 Å². The number of nitrogens with one attached hydrogen (secondary N) is 1. The first-order valence-electron chi connectivity index (χ1n) is 12.7. The summed E-state index contributed by atoms with van der Waals surface area (Å²) < 4.78 is 33.8. The van der Waals surface area contributed by atoms with Crippen molar-refractivity contribution in [2.75, 3.05) is 12.3 Å². The topological polar surface area (TPSA) is 114 Å². The summed E-state index contributed by atoms with van der Waals surface area (Å²) in [6.45, 7) is 10.9. The summed E-state index contributed by atoms with van der Waals surface area (Å²) in [6, 6.07) is 14.3. The van der Waals surface area contributed by atoms with Gasteiger partial charge in [0, 0.05) is 23.1 Å². The highest BCUT2D eigenvalue weighted by atomic mass is 35.5. The predicted octanol–water partition coefficient (Wildman–Crippen LogP) is 6.58. The number of rotatable bonds is 12. The smallest absolute Gasteiger partial charge is 0.413 e. The Labute approximate surface area is 228 Å². The zero-order chi connectivity index (χ0) is 27.4. The van der Waals surface area contributed by atoms with Crippen LogP contribution < -0.4 is 15.3 Å². The molecule has 11 heteroatoms. The number of hydrogen-bond acceptors (Lipinski definition) is 7. The largest absolute Gasteiger partial charge is 0.459 e. The SMILES string of the molecule is CCOCc1nc2c(N)nc3ccccc3c2n1C[C@H](C)O[P@@](=O)(N[C@@H](C)C(C)C)Oc1ccc(Cl)cc1. The fourth-order valence-corrected chi connectivity index (χ4v) is 6.06. The highest BCUT2D eigenvalue weighted by Gasteiger charge is 2.33. The van der Waals surface area contributed by atoms with Gasteiger partial charge in [-0.05, 0) is 57.0 Å². The van der Waals surface area contributed by atoms with Gasteiger partial charge in [0.25, 0.3) is 0 Å². The number of pyridine rings is 1. The third-order valence-corrected chi connectivity index (χ3v) is 8.35. The molecule has 0 saturated heterocycles. The van der Waals surface area contributed by atoms with Gasteiger partial charge in [0.1, 0.15) is 23.7 Å². The third-order valence-electron chi connectivity index (χ3n) is 6.28. The van der Waals surface area contributed by atoms with Crippen molar-refractivity contribution in [3.63, 3.8) is 0 Å². The first-order valence-corrected chi connectivity index (χ1v) is 14.6. The van der Waals surface area contributed by atoms with Crippen molar-refractivity contribution in [2.24, 2.45) is 5.92 Å². The minimum atomic E-state index is -3.79. The number of imidazole rings is 1. The van der Waals surface area contributed by atoms with E-state index < -0.39 is 13.9 Å². The standard InChI is InChI=1S/C27H35ClN5O4P/c1-6-35-16-24-31-25-26(22-9-7-8-10-23(22)30-27(25)29)33(24)15-18(4)36-38(34,32-19(5)17(2)3)37-21-13-11-20(28)12-14-21/h7-14,17-19H,6,15-16H2,1-5H3,(H2,29,30)(H,32,34)/t18-,19-,38-/m0/s1. The van der Waals surface area contributed by atoms with Crippen LogP contribution in [0.15, 0.2) is 48.5 Å². The lowest BCUT2D eigenvalue weighted by Crippen LogP contribution is -2.32. The Morgan fingerprint density at radius 1 is 1.08 bits per heavy atom. The highest BCUT2D eigenvalue weighted by Crippen LogP contribution is 2.47. The maximum absolute atomic E-state index is 14.0. The second-order valence-electron chi connectivity index (χ2n) is 9.61. The number of nitrogens with zero attached hydrogens (tertiary/aromatic N) is 3. The quantitative estimate of drug-likeness (QED) is 0.187. The van der Waals surface area contributed by atoms with Crippen LogP contribution >= 0.6 is 19.3 Å². The number of aromatic nitrogens is 3. The van der Waals surface area contributed by atoms with Gasteiger partial charge in [-0.2, -0.15) is 0 Å². The number of anilines is 1. The van der Waals surface area contributed by atoms with Crippen LogP contribution in [0.5, 0.6) is 5.75 Å². The van der Waals surface area contributed by atoms with Crippen molar-refractivity contribution in [3.05, 3.63) is 59.4 Å².